The van der Waals surface area contributed by atoms with Crippen molar-refractivity contribution in [2.75, 3.05) is 5.73 Å². The van der Waals surface area contributed by atoms with Crippen LogP contribution in [-0.2, 0) is 6.42 Å². The number of nitrogens with zero attached hydrogens (tertiary/aromatic N) is 2. The van der Waals surface area contributed by atoms with Crippen molar-refractivity contribution in [3.8, 4) is 0 Å². The van der Waals surface area contributed by atoms with Crippen LogP contribution in [0.2, 0.25) is 0 Å². The maximum absolute atomic E-state index is 11.7. The Labute approximate surface area is 72.8 Å². The van der Waals surface area contributed by atoms with Crippen molar-refractivity contribution in [3.63, 3.8) is 0 Å². The van der Waals surface area contributed by atoms with Crippen LogP contribution < -0.4 is 5.73 Å². The van der Waals surface area contributed by atoms with E-state index in [0.29, 0.717) is 5.69 Å². The van der Waals surface area contributed by atoms with E-state index in [1.807, 2.05) is 0 Å². The van der Waals surface area contributed by atoms with Gasteiger partial charge >= 0.3 is 6.18 Å². The van der Waals surface area contributed by atoms with Gasteiger partial charge in [-0.3, -0.25) is 0 Å². The topological polar surface area (TPSA) is 51.8 Å². The van der Waals surface area contributed by atoms with Crippen molar-refractivity contribution in [2.45, 2.75) is 19.0 Å². The van der Waals surface area contributed by atoms with Crippen molar-refractivity contribution < 1.29 is 13.2 Å². The molecule has 0 unspecified atom stereocenters. The third-order valence-corrected chi connectivity index (χ3v) is 1.36. The van der Waals surface area contributed by atoms with E-state index in [2.05, 4.69) is 9.97 Å². The maximum Gasteiger partial charge on any atom is 0.389 e. The Hall–Kier alpha value is -1.33. The largest absolute Gasteiger partial charge is 0.396 e. The third kappa shape index (κ3) is 3.73. The molecule has 0 aliphatic heterocycles. The summed E-state index contributed by atoms with van der Waals surface area (Å²) in [7, 11) is 0. The summed E-state index contributed by atoms with van der Waals surface area (Å²) in [5.41, 5.74) is 5.60. The molecule has 0 saturated heterocycles. The standard InChI is InChI=1S/C7H8F3N3/c8-7(9,10)2-1-6-12-3-5(11)4-13-6/h3-4H,1-2,11H2. The summed E-state index contributed by atoms with van der Waals surface area (Å²) >= 11 is 0. The van der Waals surface area contributed by atoms with Gasteiger partial charge in [0.1, 0.15) is 5.82 Å². The molecule has 6 heteroatoms. The second-order valence-electron chi connectivity index (χ2n) is 2.55. The molecule has 0 aromatic carbocycles. The molecule has 1 rings (SSSR count). The first-order chi connectivity index (χ1) is 5.97. The van der Waals surface area contributed by atoms with Crippen LogP contribution in [0.4, 0.5) is 18.9 Å². The van der Waals surface area contributed by atoms with Gasteiger partial charge in [0.15, 0.2) is 0 Å². The van der Waals surface area contributed by atoms with Crippen LogP contribution in [0.1, 0.15) is 12.2 Å². The Bertz CT molecular complexity index is 267. The van der Waals surface area contributed by atoms with Crippen LogP contribution in [0.3, 0.4) is 0 Å². The zero-order valence-electron chi connectivity index (χ0n) is 6.67. The highest BCUT2D eigenvalue weighted by molar-refractivity contribution is 5.30. The van der Waals surface area contributed by atoms with E-state index < -0.39 is 12.6 Å². The Kier molecular flexibility index (Phi) is 2.69. The highest BCUT2D eigenvalue weighted by atomic mass is 19.4. The third-order valence-electron chi connectivity index (χ3n) is 1.36. The van der Waals surface area contributed by atoms with Gasteiger partial charge in [-0.1, -0.05) is 0 Å². The molecule has 0 spiro atoms. The molecule has 0 radical (unpaired) electrons. The van der Waals surface area contributed by atoms with Gasteiger partial charge in [-0.2, -0.15) is 13.2 Å². The van der Waals surface area contributed by atoms with Gasteiger partial charge in [-0.25, -0.2) is 9.97 Å². The lowest BCUT2D eigenvalue weighted by molar-refractivity contribution is -0.134. The molecule has 0 bridgehead atoms. The average Bonchev–Trinajstić information content (AvgIpc) is 2.02. The molecule has 72 valence electrons. The quantitative estimate of drug-likeness (QED) is 0.771. The molecule has 0 aliphatic carbocycles. The SMILES string of the molecule is Nc1cnc(CCC(F)(F)F)nc1. The minimum absolute atomic E-state index is 0.159. The molecule has 13 heavy (non-hydrogen) atoms. The number of hydrogen-bond donors (Lipinski definition) is 1. The van der Waals surface area contributed by atoms with E-state index in [1.165, 1.54) is 12.4 Å². The predicted molar refractivity (Wildman–Crippen MR) is 40.8 cm³/mol. The molecule has 2 N–H and O–H groups in total. The number of alkyl halides is 3. The first kappa shape index (κ1) is 9.76. The van der Waals surface area contributed by atoms with E-state index in [4.69, 9.17) is 5.73 Å². The van der Waals surface area contributed by atoms with Crippen molar-refractivity contribution in [1.82, 2.24) is 9.97 Å². The Morgan fingerprint density at radius 3 is 2.23 bits per heavy atom. The number of halogens is 3. The number of aromatic nitrogens is 2. The van der Waals surface area contributed by atoms with Crippen LogP contribution in [0, 0.1) is 0 Å². The highest BCUT2D eigenvalue weighted by Gasteiger charge is 2.26. The van der Waals surface area contributed by atoms with Gasteiger partial charge < -0.3 is 5.73 Å². The minimum Gasteiger partial charge on any atom is -0.396 e. The van der Waals surface area contributed by atoms with E-state index in [0.717, 1.165) is 0 Å². The number of nitrogen functional groups attached to an aromatic ring is 1. The second-order valence-corrected chi connectivity index (χ2v) is 2.55. The lowest BCUT2D eigenvalue weighted by atomic mass is 10.3. The first-order valence-corrected chi connectivity index (χ1v) is 3.60. The number of hydrogen-bond acceptors (Lipinski definition) is 3. The van der Waals surface area contributed by atoms with Crippen LogP contribution in [0.5, 0.6) is 0 Å². The predicted octanol–water partition coefficient (Wildman–Crippen LogP) is 1.55. The lowest BCUT2D eigenvalue weighted by Crippen LogP contribution is -2.10. The van der Waals surface area contributed by atoms with Crippen molar-refractivity contribution >= 4 is 5.69 Å². The number of rotatable bonds is 2. The zero-order chi connectivity index (χ0) is 9.90. The molecule has 3 nitrogen and oxygen atoms in total. The molecule has 1 aromatic heterocycles. The summed E-state index contributed by atoms with van der Waals surface area (Å²) in [5.74, 6) is 0.159. The van der Waals surface area contributed by atoms with E-state index >= 15 is 0 Å². The van der Waals surface area contributed by atoms with Crippen molar-refractivity contribution in [1.29, 1.82) is 0 Å². The number of aryl methyl sites for hydroxylation is 1. The second kappa shape index (κ2) is 3.59. The van der Waals surface area contributed by atoms with Gasteiger partial charge in [0, 0.05) is 6.42 Å². The number of nitrogens with two attached hydrogens (primary N) is 1. The van der Waals surface area contributed by atoms with E-state index in [9.17, 15) is 13.2 Å². The van der Waals surface area contributed by atoms with Gasteiger partial charge in [-0.05, 0) is 0 Å². The molecule has 0 aliphatic rings. The molecule has 0 amide bonds. The summed E-state index contributed by atoms with van der Waals surface area (Å²) in [4.78, 5) is 7.29. The zero-order valence-corrected chi connectivity index (χ0v) is 6.67. The fraction of sp³-hybridized carbons (Fsp3) is 0.429. The number of anilines is 1. The molecule has 1 heterocycles. The first-order valence-electron chi connectivity index (χ1n) is 3.60. The minimum atomic E-state index is -4.16. The van der Waals surface area contributed by atoms with Gasteiger partial charge in [-0.15, -0.1) is 0 Å². The molecule has 0 fully saturated rings. The highest BCUT2D eigenvalue weighted by Crippen LogP contribution is 2.20. The Morgan fingerprint density at radius 2 is 1.77 bits per heavy atom. The molecule has 1 aromatic rings. The van der Waals surface area contributed by atoms with E-state index in [-0.39, 0.29) is 12.2 Å². The van der Waals surface area contributed by atoms with Crippen LogP contribution in [0.15, 0.2) is 12.4 Å². The van der Waals surface area contributed by atoms with Gasteiger partial charge in [0.25, 0.3) is 0 Å². The van der Waals surface area contributed by atoms with E-state index in [1.54, 1.807) is 0 Å². The monoisotopic (exact) mass is 191 g/mol. The molecular formula is C7H8F3N3. The normalized spacial score (nSPS) is 11.6. The lowest BCUT2D eigenvalue weighted by Gasteiger charge is -2.04. The molecule has 0 atom stereocenters. The summed E-state index contributed by atoms with van der Waals surface area (Å²) in [5, 5.41) is 0. The average molecular weight is 191 g/mol. The summed E-state index contributed by atoms with van der Waals surface area (Å²) in [6, 6.07) is 0. The van der Waals surface area contributed by atoms with Crippen molar-refractivity contribution in [2.24, 2.45) is 0 Å². The summed E-state index contributed by atoms with van der Waals surface area (Å²) < 4.78 is 35.2. The smallest absolute Gasteiger partial charge is 0.389 e. The van der Waals surface area contributed by atoms with Crippen LogP contribution in [0.25, 0.3) is 0 Å². The van der Waals surface area contributed by atoms with Crippen LogP contribution >= 0.6 is 0 Å². The Balaban J connectivity index is 2.51. The summed E-state index contributed by atoms with van der Waals surface area (Å²) in [6.07, 6.45) is -2.69. The fourth-order valence-electron chi connectivity index (χ4n) is 0.747. The Morgan fingerprint density at radius 1 is 1.23 bits per heavy atom. The molecular weight excluding hydrogens is 183 g/mol. The van der Waals surface area contributed by atoms with Gasteiger partial charge in [0.2, 0.25) is 0 Å². The van der Waals surface area contributed by atoms with Crippen LogP contribution in [-0.4, -0.2) is 16.1 Å². The summed E-state index contributed by atoms with van der Waals surface area (Å²) in [6.45, 7) is 0. The van der Waals surface area contributed by atoms with Crippen molar-refractivity contribution in [3.05, 3.63) is 18.2 Å². The molecule has 0 saturated carbocycles. The fourth-order valence-corrected chi connectivity index (χ4v) is 0.747. The maximum atomic E-state index is 11.7. The van der Waals surface area contributed by atoms with Gasteiger partial charge in [0.05, 0.1) is 24.5 Å².